The van der Waals surface area contributed by atoms with Gasteiger partial charge in [0, 0.05) is 37.9 Å². The van der Waals surface area contributed by atoms with Crippen molar-refractivity contribution in [1.29, 1.82) is 5.26 Å². The first-order valence-corrected chi connectivity index (χ1v) is 4.96. The van der Waals surface area contributed by atoms with E-state index in [4.69, 9.17) is 11.0 Å². The second-order valence-electron chi connectivity index (χ2n) is 3.43. The lowest BCUT2D eigenvalue weighted by molar-refractivity contribution is 0.255. The maximum Gasteiger partial charge on any atom is 0.0635 e. The zero-order valence-electron chi connectivity index (χ0n) is 8.93. The van der Waals surface area contributed by atoms with Crippen LogP contribution in [0, 0.1) is 11.3 Å². The zero-order chi connectivity index (χ0) is 11.1. The van der Waals surface area contributed by atoms with Crippen LogP contribution in [0.15, 0.2) is 24.5 Å². The Morgan fingerprint density at radius 3 is 3.00 bits per heavy atom. The summed E-state index contributed by atoms with van der Waals surface area (Å²) in [6, 6.07) is 6.18. The van der Waals surface area contributed by atoms with Gasteiger partial charge < -0.3 is 5.73 Å². The van der Waals surface area contributed by atoms with Crippen molar-refractivity contribution in [3.8, 4) is 6.07 Å². The van der Waals surface area contributed by atoms with Crippen molar-refractivity contribution in [2.45, 2.75) is 12.5 Å². The van der Waals surface area contributed by atoms with Crippen LogP contribution in [0.3, 0.4) is 0 Å². The minimum atomic E-state index is 0.145. The van der Waals surface area contributed by atoms with Crippen LogP contribution >= 0.6 is 0 Å². The molecule has 0 radical (unpaired) electrons. The summed E-state index contributed by atoms with van der Waals surface area (Å²) >= 11 is 0. The molecular weight excluding hydrogens is 188 g/mol. The normalized spacial score (nSPS) is 12.4. The number of likely N-dealkylation sites (N-methyl/N-ethyl adjacent to an activating group) is 1. The lowest BCUT2D eigenvalue weighted by Gasteiger charge is -2.26. The van der Waals surface area contributed by atoms with Gasteiger partial charge in [0.1, 0.15) is 0 Å². The van der Waals surface area contributed by atoms with Gasteiger partial charge >= 0.3 is 0 Å². The van der Waals surface area contributed by atoms with Crippen LogP contribution in [0.25, 0.3) is 0 Å². The Kier molecular flexibility index (Phi) is 4.75. The molecular formula is C11H16N4. The smallest absolute Gasteiger partial charge is 0.0635 e. The fourth-order valence-corrected chi connectivity index (χ4v) is 1.53. The molecule has 0 aliphatic rings. The molecule has 0 aliphatic carbocycles. The Balaban J connectivity index is 2.68. The van der Waals surface area contributed by atoms with E-state index >= 15 is 0 Å². The van der Waals surface area contributed by atoms with Crippen LogP contribution in [-0.2, 0) is 0 Å². The molecule has 4 nitrogen and oxygen atoms in total. The third kappa shape index (κ3) is 3.31. The molecule has 1 aromatic heterocycles. The van der Waals surface area contributed by atoms with Crippen LogP contribution in [0.4, 0.5) is 0 Å². The minimum Gasteiger partial charge on any atom is -0.329 e. The van der Waals surface area contributed by atoms with E-state index in [1.165, 1.54) is 0 Å². The number of nitrogens with zero attached hydrogens (tertiary/aromatic N) is 3. The molecule has 1 rings (SSSR count). The van der Waals surface area contributed by atoms with Gasteiger partial charge in [0.15, 0.2) is 0 Å². The molecule has 0 fully saturated rings. The summed E-state index contributed by atoms with van der Waals surface area (Å²) < 4.78 is 0. The summed E-state index contributed by atoms with van der Waals surface area (Å²) in [5, 5.41) is 8.52. The summed E-state index contributed by atoms with van der Waals surface area (Å²) in [5.41, 5.74) is 6.82. The van der Waals surface area contributed by atoms with Gasteiger partial charge in [-0.1, -0.05) is 6.07 Å². The summed E-state index contributed by atoms with van der Waals surface area (Å²) in [5.74, 6) is 0. The van der Waals surface area contributed by atoms with E-state index in [1.54, 1.807) is 6.20 Å². The third-order valence-corrected chi connectivity index (χ3v) is 2.40. The Hall–Kier alpha value is -1.44. The van der Waals surface area contributed by atoms with Gasteiger partial charge in [0.25, 0.3) is 0 Å². The lowest BCUT2D eigenvalue weighted by Crippen LogP contribution is -2.31. The average Bonchev–Trinajstić information content (AvgIpc) is 2.29. The van der Waals surface area contributed by atoms with Gasteiger partial charge in [0.2, 0.25) is 0 Å². The van der Waals surface area contributed by atoms with Crippen molar-refractivity contribution in [3.63, 3.8) is 0 Å². The van der Waals surface area contributed by atoms with Gasteiger partial charge in [-0.25, -0.2) is 0 Å². The van der Waals surface area contributed by atoms with Gasteiger partial charge in [-0.15, -0.1) is 0 Å². The van der Waals surface area contributed by atoms with E-state index in [0.29, 0.717) is 13.0 Å². The molecule has 0 aromatic carbocycles. The summed E-state index contributed by atoms with van der Waals surface area (Å²) in [7, 11) is 1.97. The predicted octanol–water partition coefficient (Wildman–Crippen LogP) is 0.927. The number of hydrogen-bond acceptors (Lipinski definition) is 4. The van der Waals surface area contributed by atoms with Crippen molar-refractivity contribution < 1.29 is 0 Å². The zero-order valence-corrected chi connectivity index (χ0v) is 8.93. The summed E-state index contributed by atoms with van der Waals surface area (Å²) in [6.07, 6.45) is 4.08. The van der Waals surface area contributed by atoms with Crippen LogP contribution in [0.1, 0.15) is 18.0 Å². The molecule has 1 unspecified atom stereocenters. The van der Waals surface area contributed by atoms with Crippen molar-refractivity contribution in [3.05, 3.63) is 30.1 Å². The van der Waals surface area contributed by atoms with Crippen molar-refractivity contribution in [2.24, 2.45) is 5.73 Å². The Labute approximate surface area is 90.3 Å². The molecule has 0 spiro atoms. The van der Waals surface area contributed by atoms with Crippen molar-refractivity contribution in [1.82, 2.24) is 9.88 Å². The first-order valence-electron chi connectivity index (χ1n) is 4.96. The predicted molar refractivity (Wildman–Crippen MR) is 58.9 cm³/mol. The molecule has 0 bridgehead atoms. The van der Waals surface area contributed by atoms with Crippen molar-refractivity contribution in [2.75, 3.05) is 20.1 Å². The number of aromatic nitrogens is 1. The highest BCUT2D eigenvalue weighted by Gasteiger charge is 2.14. The first kappa shape index (κ1) is 11.6. The molecule has 0 aliphatic heterocycles. The third-order valence-electron chi connectivity index (χ3n) is 2.40. The van der Waals surface area contributed by atoms with Gasteiger partial charge in [0.05, 0.1) is 6.07 Å². The average molecular weight is 204 g/mol. The summed E-state index contributed by atoms with van der Waals surface area (Å²) in [6.45, 7) is 1.26. The number of nitrogens with two attached hydrogens (primary N) is 1. The maximum absolute atomic E-state index is 8.52. The fourth-order valence-electron chi connectivity index (χ4n) is 1.53. The van der Waals surface area contributed by atoms with E-state index in [2.05, 4.69) is 16.0 Å². The van der Waals surface area contributed by atoms with Crippen LogP contribution in [-0.4, -0.2) is 30.0 Å². The molecule has 1 aromatic rings. The molecule has 2 N–H and O–H groups in total. The second kappa shape index (κ2) is 6.12. The van der Waals surface area contributed by atoms with Gasteiger partial charge in [-0.3, -0.25) is 9.88 Å². The Morgan fingerprint density at radius 2 is 2.47 bits per heavy atom. The van der Waals surface area contributed by atoms with Crippen molar-refractivity contribution >= 4 is 0 Å². The maximum atomic E-state index is 8.52. The fraction of sp³-hybridized carbons (Fsp3) is 0.455. The number of rotatable bonds is 5. The number of nitriles is 1. The molecule has 15 heavy (non-hydrogen) atoms. The quantitative estimate of drug-likeness (QED) is 0.774. The van der Waals surface area contributed by atoms with Crippen LogP contribution < -0.4 is 5.73 Å². The lowest BCUT2D eigenvalue weighted by atomic mass is 10.1. The minimum absolute atomic E-state index is 0.145. The number of hydrogen-bond donors (Lipinski definition) is 1. The molecule has 0 saturated carbocycles. The SMILES string of the molecule is CN(CCC#N)C(CN)c1cccnc1. The highest BCUT2D eigenvalue weighted by atomic mass is 15.1. The second-order valence-corrected chi connectivity index (χ2v) is 3.43. The molecule has 0 amide bonds. The highest BCUT2D eigenvalue weighted by Crippen LogP contribution is 2.16. The Bertz CT molecular complexity index is 317. The van der Waals surface area contributed by atoms with Gasteiger partial charge in [-0.05, 0) is 18.7 Å². The van der Waals surface area contributed by atoms with E-state index in [9.17, 15) is 0 Å². The highest BCUT2D eigenvalue weighted by molar-refractivity contribution is 5.14. The molecule has 1 atom stereocenters. The molecule has 0 saturated heterocycles. The van der Waals surface area contributed by atoms with E-state index < -0.39 is 0 Å². The first-order chi connectivity index (χ1) is 7.29. The topological polar surface area (TPSA) is 65.9 Å². The molecule has 4 heteroatoms. The molecule has 1 heterocycles. The monoisotopic (exact) mass is 204 g/mol. The standard InChI is InChI=1S/C11H16N4/c1-15(7-3-5-12)11(8-13)10-4-2-6-14-9-10/h2,4,6,9,11H,3,7-8,13H2,1H3. The van der Waals surface area contributed by atoms with Crippen LogP contribution in [0.5, 0.6) is 0 Å². The molecule has 80 valence electrons. The summed E-state index contributed by atoms with van der Waals surface area (Å²) in [4.78, 5) is 6.15. The van der Waals surface area contributed by atoms with E-state index in [-0.39, 0.29) is 6.04 Å². The van der Waals surface area contributed by atoms with E-state index in [0.717, 1.165) is 12.1 Å². The van der Waals surface area contributed by atoms with Gasteiger partial charge in [-0.2, -0.15) is 5.26 Å². The van der Waals surface area contributed by atoms with E-state index in [1.807, 2.05) is 25.4 Å². The van der Waals surface area contributed by atoms with Crippen LogP contribution in [0.2, 0.25) is 0 Å². The number of pyridine rings is 1. The largest absolute Gasteiger partial charge is 0.329 e. The Morgan fingerprint density at radius 1 is 1.67 bits per heavy atom.